The van der Waals surface area contributed by atoms with Gasteiger partial charge in [0, 0.05) is 0 Å². The average molecular weight is 355 g/mol. The quantitative estimate of drug-likeness (QED) is 0.770. The molecule has 2 N–H and O–H groups in total. The molecule has 0 unspecified atom stereocenters. The number of ether oxygens (including phenoxy) is 1. The highest BCUT2D eigenvalue weighted by atomic mass is 32.2. The molecular formula is C14H17N3O4S2. The van der Waals surface area contributed by atoms with E-state index in [0.29, 0.717) is 22.9 Å². The molecule has 2 rings (SSSR count). The van der Waals surface area contributed by atoms with Crippen molar-refractivity contribution in [3.8, 4) is 5.75 Å². The third-order valence-electron chi connectivity index (χ3n) is 2.85. The standard InChI is InChI=1S/C14H17N3O4S2/c1-4-21-11-5-7-12(8-6-11)23(19,20)17-16-14(18)13-9(2)15-10(3)22-13/h5-8,17H,4H2,1-3H3,(H,16,18). The highest BCUT2D eigenvalue weighted by Crippen LogP contribution is 2.17. The molecule has 0 bridgehead atoms. The number of benzene rings is 1. The van der Waals surface area contributed by atoms with Crippen LogP contribution in [0.15, 0.2) is 29.2 Å². The molecule has 0 aliphatic carbocycles. The summed E-state index contributed by atoms with van der Waals surface area (Å²) in [6, 6.07) is 5.91. The molecule has 1 heterocycles. The minimum Gasteiger partial charge on any atom is -0.494 e. The van der Waals surface area contributed by atoms with Gasteiger partial charge < -0.3 is 4.74 Å². The number of aromatic nitrogens is 1. The maximum atomic E-state index is 12.1. The number of hydrazine groups is 1. The monoisotopic (exact) mass is 355 g/mol. The van der Waals surface area contributed by atoms with E-state index in [4.69, 9.17) is 4.74 Å². The van der Waals surface area contributed by atoms with Gasteiger partial charge in [0.2, 0.25) is 0 Å². The summed E-state index contributed by atoms with van der Waals surface area (Å²) in [5, 5.41) is 0.738. The van der Waals surface area contributed by atoms with E-state index in [9.17, 15) is 13.2 Å². The van der Waals surface area contributed by atoms with Crippen LogP contribution in [-0.4, -0.2) is 25.9 Å². The van der Waals surface area contributed by atoms with Gasteiger partial charge in [0.05, 0.1) is 22.2 Å². The number of amides is 1. The Hall–Kier alpha value is -1.97. The Morgan fingerprint density at radius 2 is 1.91 bits per heavy atom. The maximum absolute atomic E-state index is 12.1. The number of aryl methyl sites for hydroxylation is 2. The number of thiazole rings is 1. The van der Waals surface area contributed by atoms with Gasteiger partial charge in [-0.2, -0.15) is 0 Å². The molecule has 23 heavy (non-hydrogen) atoms. The zero-order valence-electron chi connectivity index (χ0n) is 12.9. The number of sulfonamides is 1. The predicted molar refractivity (Wildman–Crippen MR) is 87.0 cm³/mol. The molecule has 1 aromatic heterocycles. The Balaban J connectivity index is 2.06. The summed E-state index contributed by atoms with van der Waals surface area (Å²) >= 11 is 1.20. The van der Waals surface area contributed by atoms with E-state index in [1.165, 1.54) is 23.5 Å². The van der Waals surface area contributed by atoms with Crippen molar-refractivity contribution in [3.63, 3.8) is 0 Å². The van der Waals surface area contributed by atoms with Crippen molar-refractivity contribution in [2.24, 2.45) is 0 Å². The van der Waals surface area contributed by atoms with E-state index in [-0.39, 0.29) is 4.90 Å². The van der Waals surface area contributed by atoms with E-state index >= 15 is 0 Å². The number of carbonyl (C=O) groups is 1. The van der Waals surface area contributed by atoms with Crippen molar-refractivity contribution in [2.45, 2.75) is 25.7 Å². The molecule has 7 nitrogen and oxygen atoms in total. The molecule has 2 aromatic rings. The van der Waals surface area contributed by atoms with E-state index in [2.05, 4.69) is 15.2 Å². The molecule has 9 heteroatoms. The van der Waals surface area contributed by atoms with Crippen molar-refractivity contribution in [1.29, 1.82) is 0 Å². The van der Waals surface area contributed by atoms with Crippen LogP contribution in [-0.2, 0) is 10.0 Å². The minimum atomic E-state index is -3.85. The number of nitrogens with zero attached hydrogens (tertiary/aromatic N) is 1. The molecule has 0 aliphatic rings. The Kier molecular flexibility index (Phi) is 5.34. The fourth-order valence-electron chi connectivity index (χ4n) is 1.85. The second-order valence-electron chi connectivity index (χ2n) is 4.61. The lowest BCUT2D eigenvalue weighted by Gasteiger charge is -2.09. The third-order valence-corrected chi connectivity index (χ3v) is 5.19. The normalized spacial score (nSPS) is 11.3. The van der Waals surface area contributed by atoms with Crippen molar-refractivity contribution in [1.82, 2.24) is 15.2 Å². The number of nitrogens with one attached hydrogen (secondary N) is 2. The molecule has 0 aliphatic heterocycles. The first-order valence-corrected chi connectivity index (χ1v) is 9.12. The lowest BCUT2D eigenvalue weighted by atomic mass is 10.3. The van der Waals surface area contributed by atoms with Crippen LogP contribution in [0.5, 0.6) is 5.75 Å². The zero-order valence-corrected chi connectivity index (χ0v) is 14.5. The zero-order chi connectivity index (χ0) is 17.0. The fourth-order valence-corrected chi connectivity index (χ4v) is 3.51. The van der Waals surface area contributed by atoms with Crippen LogP contribution in [0.2, 0.25) is 0 Å². The van der Waals surface area contributed by atoms with Crippen LogP contribution in [0.25, 0.3) is 0 Å². The summed E-state index contributed by atoms with van der Waals surface area (Å²) in [6.07, 6.45) is 0. The van der Waals surface area contributed by atoms with Gasteiger partial charge in [-0.05, 0) is 45.0 Å². The highest BCUT2D eigenvalue weighted by molar-refractivity contribution is 7.89. The Labute approximate surface area is 138 Å². The van der Waals surface area contributed by atoms with Crippen molar-refractivity contribution in [2.75, 3.05) is 6.61 Å². The van der Waals surface area contributed by atoms with Crippen LogP contribution in [0.4, 0.5) is 0 Å². The molecule has 124 valence electrons. The molecule has 0 saturated carbocycles. The highest BCUT2D eigenvalue weighted by Gasteiger charge is 2.18. The molecular weight excluding hydrogens is 338 g/mol. The van der Waals surface area contributed by atoms with Crippen molar-refractivity contribution < 1.29 is 17.9 Å². The molecule has 0 spiro atoms. The molecule has 0 radical (unpaired) electrons. The first-order chi connectivity index (χ1) is 10.8. The van der Waals surface area contributed by atoms with Gasteiger partial charge in [0.15, 0.2) is 0 Å². The van der Waals surface area contributed by atoms with Crippen LogP contribution in [0.3, 0.4) is 0 Å². The topological polar surface area (TPSA) is 97.4 Å². The molecule has 0 atom stereocenters. The van der Waals surface area contributed by atoms with Gasteiger partial charge in [-0.25, -0.2) is 13.4 Å². The number of hydrogen-bond acceptors (Lipinski definition) is 6. The summed E-state index contributed by atoms with van der Waals surface area (Å²) in [6.45, 7) is 5.80. The molecule has 0 fully saturated rings. The second-order valence-corrected chi connectivity index (χ2v) is 7.50. The van der Waals surface area contributed by atoms with E-state index in [1.807, 2.05) is 6.92 Å². The Morgan fingerprint density at radius 1 is 1.26 bits per heavy atom. The number of hydrogen-bond donors (Lipinski definition) is 2. The first kappa shape index (κ1) is 17.4. The van der Waals surface area contributed by atoms with Gasteiger partial charge in [-0.15, -0.1) is 16.2 Å². The van der Waals surface area contributed by atoms with Gasteiger partial charge >= 0.3 is 0 Å². The van der Waals surface area contributed by atoms with Gasteiger partial charge in [-0.3, -0.25) is 10.2 Å². The fraction of sp³-hybridized carbons (Fsp3) is 0.286. The third kappa shape index (κ3) is 4.27. The van der Waals surface area contributed by atoms with Gasteiger partial charge in [0.1, 0.15) is 10.6 Å². The second kappa shape index (κ2) is 7.07. The molecule has 0 saturated heterocycles. The van der Waals surface area contributed by atoms with E-state index in [0.717, 1.165) is 5.01 Å². The van der Waals surface area contributed by atoms with Crippen LogP contribution >= 0.6 is 11.3 Å². The van der Waals surface area contributed by atoms with Gasteiger partial charge in [-0.1, -0.05) is 0 Å². The summed E-state index contributed by atoms with van der Waals surface area (Å²) in [4.78, 5) is 18.6. The summed E-state index contributed by atoms with van der Waals surface area (Å²) in [5.74, 6) is 0.0360. The van der Waals surface area contributed by atoms with Crippen molar-refractivity contribution in [3.05, 3.63) is 39.8 Å². The lowest BCUT2D eigenvalue weighted by molar-refractivity contribution is 0.0948. The SMILES string of the molecule is CCOc1ccc(S(=O)(=O)NNC(=O)c2sc(C)nc2C)cc1. The smallest absolute Gasteiger partial charge is 0.278 e. The Bertz CT molecular complexity index is 798. The molecule has 1 aromatic carbocycles. The van der Waals surface area contributed by atoms with Crippen LogP contribution in [0.1, 0.15) is 27.3 Å². The minimum absolute atomic E-state index is 0.0264. The largest absolute Gasteiger partial charge is 0.494 e. The summed E-state index contributed by atoms with van der Waals surface area (Å²) in [7, 11) is -3.85. The van der Waals surface area contributed by atoms with E-state index < -0.39 is 15.9 Å². The first-order valence-electron chi connectivity index (χ1n) is 6.82. The Morgan fingerprint density at radius 3 is 2.43 bits per heavy atom. The van der Waals surface area contributed by atoms with Crippen LogP contribution in [0, 0.1) is 13.8 Å². The summed E-state index contributed by atoms with van der Waals surface area (Å²) in [5.41, 5.74) is 2.75. The number of rotatable bonds is 6. The van der Waals surface area contributed by atoms with Crippen molar-refractivity contribution >= 4 is 27.3 Å². The molecule has 1 amide bonds. The maximum Gasteiger partial charge on any atom is 0.278 e. The van der Waals surface area contributed by atoms with Crippen LogP contribution < -0.4 is 15.0 Å². The lowest BCUT2D eigenvalue weighted by Crippen LogP contribution is -2.41. The predicted octanol–water partition coefficient (Wildman–Crippen LogP) is 1.78. The number of carbonyl (C=O) groups excluding carboxylic acids is 1. The van der Waals surface area contributed by atoms with Gasteiger partial charge in [0.25, 0.3) is 15.9 Å². The summed E-state index contributed by atoms with van der Waals surface area (Å²) < 4.78 is 29.6. The van der Waals surface area contributed by atoms with E-state index in [1.54, 1.807) is 26.0 Å². The average Bonchev–Trinajstić information content (AvgIpc) is 2.84.